The van der Waals surface area contributed by atoms with Gasteiger partial charge >= 0.3 is 18.6 Å². The molecule has 0 aromatic rings. The van der Waals surface area contributed by atoms with Crippen molar-refractivity contribution in [1.82, 2.24) is 0 Å². The number of alkyl halides is 3. The van der Waals surface area contributed by atoms with Gasteiger partial charge in [0.25, 0.3) is 0 Å². The molecular formula is C3HF3O3. The smallest absolute Gasteiger partial charge is 0.389 e. The SMILES string of the molecule is O=COC(=O)C(F)(F)F. The molecule has 52 valence electrons. The minimum atomic E-state index is -5.08. The molecule has 0 fully saturated rings. The highest BCUT2D eigenvalue weighted by atomic mass is 19.4. The zero-order valence-corrected chi connectivity index (χ0v) is 3.94. The normalized spacial score (nSPS) is 10.6. The van der Waals surface area contributed by atoms with E-state index in [1.807, 2.05) is 0 Å². The van der Waals surface area contributed by atoms with E-state index in [1.54, 1.807) is 0 Å². The summed E-state index contributed by atoms with van der Waals surface area (Å²) >= 11 is 0. The molecule has 0 amide bonds. The van der Waals surface area contributed by atoms with Gasteiger partial charge in [-0.05, 0) is 0 Å². The molecule has 0 heterocycles. The predicted octanol–water partition coefficient (Wildman–Crippen LogP) is 0.248. The Bertz CT molecular complexity index is 127. The molecule has 0 radical (unpaired) electrons. The van der Waals surface area contributed by atoms with Crippen LogP contribution in [0.25, 0.3) is 0 Å². The summed E-state index contributed by atoms with van der Waals surface area (Å²) in [6, 6.07) is 0. The molecule has 6 heteroatoms. The first kappa shape index (κ1) is 7.93. The number of esters is 1. The molecule has 0 aromatic carbocycles. The van der Waals surface area contributed by atoms with Crippen LogP contribution in [0.15, 0.2) is 0 Å². The Labute approximate surface area is 47.4 Å². The number of halogens is 3. The number of ether oxygens (including phenoxy) is 1. The maximum absolute atomic E-state index is 11.0. The van der Waals surface area contributed by atoms with Gasteiger partial charge in [-0.25, -0.2) is 4.79 Å². The van der Waals surface area contributed by atoms with Gasteiger partial charge in [-0.15, -0.1) is 0 Å². The predicted molar refractivity (Wildman–Crippen MR) is 18.2 cm³/mol. The van der Waals surface area contributed by atoms with E-state index < -0.39 is 18.6 Å². The van der Waals surface area contributed by atoms with E-state index in [2.05, 4.69) is 4.74 Å². The lowest BCUT2D eigenvalue weighted by Crippen LogP contribution is -2.24. The van der Waals surface area contributed by atoms with Crippen LogP contribution in [0.2, 0.25) is 0 Å². The number of rotatable bonds is 1. The first-order valence-electron chi connectivity index (χ1n) is 1.70. The van der Waals surface area contributed by atoms with Gasteiger partial charge in [-0.1, -0.05) is 0 Å². The molecule has 3 nitrogen and oxygen atoms in total. The van der Waals surface area contributed by atoms with Gasteiger partial charge in [-0.2, -0.15) is 13.2 Å². The highest BCUT2D eigenvalue weighted by Crippen LogP contribution is 2.15. The van der Waals surface area contributed by atoms with Crippen LogP contribution < -0.4 is 0 Å². The minimum Gasteiger partial charge on any atom is -0.389 e. The molecule has 0 saturated heterocycles. The third kappa shape index (κ3) is 2.68. The van der Waals surface area contributed by atoms with Crippen LogP contribution in [0, 0.1) is 0 Å². The fourth-order valence-electron chi connectivity index (χ4n) is 0.111. The summed E-state index contributed by atoms with van der Waals surface area (Å²) in [4.78, 5) is 18.6. The molecular weight excluding hydrogens is 141 g/mol. The average molecular weight is 142 g/mol. The second-order valence-electron chi connectivity index (χ2n) is 0.999. The van der Waals surface area contributed by atoms with Gasteiger partial charge in [-0.3, -0.25) is 4.79 Å². The van der Waals surface area contributed by atoms with Crippen molar-refractivity contribution in [1.29, 1.82) is 0 Å². The van der Waals surface area contributed by atoms with E-state index in [0.29, 0.717) is 0 Å². The maximum atomic E-state index is 11.0. The Hall–Kier alpha value is -1.07. The monoisotopic (exact) mass is 142 g/mol. The van der Waals surface area contributed by atoms with Gasteiger partial charge in [0, 0.05) is 0 Å². The third-order valence-corrected chi connectivity index (χ3v) is 0.387. The zero-order chi connectivity index (χ0) is 7.49. The van der Waals surface area contributed by atoms with Crippen LogP contribution in [0.3, 0.4) is 0 Å². The fraction of sp³-hybridized carbons (Fsp3) is 0.333. The number of carbonyl (C=O) groups excluding carboxylic acids is 2. The van der Waals surface area contributed by atoms with E-state index in [9.17, 15) is 18.0 Å². The third-order valence-electron chi connectivity index (χ3n) is 0.387. The lowest BCUT2D eigenvalue weighted by molar-refractivity contribution is -0.198. The molecule has 0 aliphatic carbocycles. The molecule has 0 aliphatic rings. The summed E-state index contributed by atoms with van der Waals surface area (Å²) in [5, 5.41) is 0. The van der Waals surface area contributed by atoms with Crippen LogP contribution in [-0.2, 0) is 14.3 Å². The van der Waals surface area contributed by atoms with Crippen LogP contribution in [0.5, 0.6) is 0 Å². The number of hydrogen-bond donors (Lipinski definition) is 0. The number of carbonyl (C=O) groups is 2. The Morgan fingerprint density at radius 1 is 1.44 bits per heavy atom. The van der Waals surface area contributed by atoms with E-state index in [4.69, 9.17) is 4.79 Å². The van der Waals surface area contributed by atoms with Crippen LogP contribution in [0.1, 0.15) is 0 Å². The molecule has 0 aromatic heterocycles. The Kier molecular flexibility index (Phi) is 2.18. The van der Waals surface area contributed by atoms with Crippen LogP contribution in [-0.4, -0.2) is 18.6 Å². The summed E-state index contributed by atoms with van der Waals surface area (Å²) in [7, 11) is 0. The van der Waals surface area contributed by atoms with Crippen molar-refractivity contribution in [2.45, 2.75) is 6.18 Å². The highest BCUT2D eigenvalue weighted by molar-refractivity contribution is 5.81. The van der Waals surface area contributed by atoms with Crippen LogP contribution in [0.4, 0.5) is 13.2 Å². The summed E-state index contributed by atoms with van der Waals surface area (Å²) in [6.45, 7) is -0.574. The van der Waals surface area contributed by atoms with Crippen molar-refractivity contribution >= 4 is 12.4 Å². The average Bonchev–Trinajstić information content (AvgIpc) is 1.64. The van der Waals surface area contributed by atoms with Crippen molar-refractivity contribution in [3.8, 4) is 0 Å². The van der Waals surface area contributed by atoms with Crippen molar-refractivity contribution in [2.24, 2.45) is 0 Å². The first-order chi connectivity index (χ1) is 3.98. The van der Waals surface area contributed by atoms with Gasteiger partial charge in [0.15, 0.2) is 0 Å². The number of hydrogen-bond acceptors (Lipinski definition) is 3. The van der Waals surface area contributed by atoms with E-state index in [-0.39, 0.29) is 0 Å². The lowest BCUT2D eigenvalue weighted by Gasteiger charge is -1.98. The second kappa shape index (κ2) is 2.47. The maximum Gasteiger partial charge on any atom is 0.491 e. The Morgan fingerprint density at radius 3 is 2.00 bits per heavy atom. The molecule has 0 N–H and O–H groups in total. The molecule has 0 saturated carbocycles. The Balaban J connectivity index is 3.88. The van der Waals surface area contributed by atoms with Gasteiger partial charge in [0.1, 0.15) is 0 Å². The molecule has 0 spiro atoms. The lowest BCUT2D eigenvalue weighted by atomic mass is 10.7. The van der Waals surface area contributed by atoms with E-state index in [1.165, 1.54) is 0 Å². The standard InChI is InChI=1S/C3HF3O3/c4-3(5,6)2(8)9-1-7/h1H. The van der Waals surface area contributed by atoms with Gasteiger partial charge < -0.3 is 4.74 Å². The minimum absolute atomic E-state index is 0.574. The van der Waals surface area contributed by atoms with Crippen molar-refractivity contribution in [2.75, 3.05) is 0 Å². The highest BCUT2D eigenvalue weighted by Gasteiger charge is 2.40. The molecule has 0 atom stereocenters. The van der Waals surface area contributed by atoms with E-state index >= 15 is 0 Å². The zero-order valence-electron chi connectivity index (χ0n) is 3.94. The summed E-state index contributed by atoms with van der Waals surface area (Å²) in [5.74, 6) is -2.50. The van der Waals surface area contributed by atoms with Crippen molar-refractivity contribution < 1.29 is 27.5 Å². The van der Waals surface area contributed by atoms with E-state index in [0.717, 1.165) is 0 Å². The summed E-state index contributed by atoms with van der Waals surface area (Å²) in [5.41, 5.74) is 0. The molecule has 0 unspecified atom stereocenters. The Morgan fingerprint density at radius 2 is 1.89 bits per heavy atom. The fourth-order valence-corrected chi connectivity index (χ4v) is 0.111. The molecule has 0 aliphatic heterocycles. The largest absolute Gasteiger partial charge is 0.491 e. The van der Waals surface area contributed by atoms with Crippen LogP contribution >= 0.6 is 0 Å². The van der Waals surface area contributed by atoms with Crippen molar-refractivity contribution in [3.05, 3.63) is 0 Å². The van der Waals surface area contributed by atoms with Gasteiger partial charge in [0.2, 0.25) is 0 Å². The molecule has 9 heavy (non-hydrogen) atoms. The summed E-state index contributed by atoms with van der Waals surface area (Å²) in [6.07, 6.45) is -5.08. The quantitative estimate of drug-likeness (QED) is 0.299. The second-order valence-corrected chi connectivity index (χ2v) is 0.999. The van der Waals surface area contributed by atoms with Gasteiger partial charge in [0.05, 0.1) is 0 Å². The molecule has 0 bridgehead atoms. The molecule has 0 rings (SSSR count). The summed E-state index contributed by atoms with van der Waals surface area (Å²) < 4.78 is 36.0. The first-order valence-corrected chi connectivity index (χ1v) is 1.70. The topological polar surface area (TPSA) is 43.4 Å². The van der Waals surface area contributed by atoms with Crippen molar-refractivity contribution in [3.63, 3.8) is 0 Å².